The van der Waals surface area contributed by atoms with Gasteiger partial charge in [0.15, 0.2) is 0 Å². The molecule has 3 rings (SSSR count). The molecule has 1 atom stereocenters. The number of nitrogens with one attached hydrogen (secondary N) is 1. The van der Waals surface area contributed by atoms with Gasteiger partial charge in [0.1, 0.15) is 0 Å². The minimum atomic E-state index is 0. The van der Waals surface area contributed by atoms with Gasteiger partial charge in [0, 0.05) is 32.2 Å². The Morgan fingerprint density at radius 1 is 1.10 bits per heavy atom. The molecule has 3 nitrogen and oxygen atoms in total. The summed E-state index contributed by atoms with van der Waals surface area (Å²) in [5.41, 5.74) is 2.15. The van der Waals surface area contributed by atoms with E-state index in [1.165, 1.54) is 18.4 Å². The van der Waals surface area contributed by atoms with Gasteiger partial charge in [-0.3, -0.25) is 4.90 Å². The molecule has 110 valence electrons. The third-order valence-electron chi connectivity index (χ3n) is 3.99. The number of nitriles is 1. The monoisotopic (exact) mass is 313 g/mol. The highest BCUT2D eigenvalue weighted by molar-refractivity contribution is 5.85. The van der Waals surface area contributed by atoms with Gasteiger partial charge in [-0.2, -0.15) is 5.26 Å². The van der Waals surface area contributed by atoms with Crippen LogP contribution in [0, 0.1) is 17.2 Å². The zero-order valence-corrected chi connectivity index (χ0v) is 13.1. The van der Waals surface area contributed by atoms with Crippen molar-refractivity contribution in [3.8, 4) is 6.07 Å². The fraction of sp³-hybridized carbons (Fsp3) is 0.533. The lowest BCUT2D eigenvalue weighted by molar-refractivity contribution is 0.156. The smallest absolute Gasteiger partial charge is 0.0991 e. The average Bonchev–Trinajstić information content (AvgIpc) is 3.26. The highest BCUT2D eigenvalue weighted by Crippen LogP contribution is 2.44. The molecule has 1 aliphatic carbocycles. The Hall–Kier alpha value is -0.790. The van der Waals surface area contributed by atoms with Crippen molar-refractivity contribution in [1.29, 1.82) is 5.26 Å². The Labute approximate surface area is 133 Å². The van der Waals surface area contributed by atoms with Gasteiger partial charge in [-0.15, -0.1) is 24.8 Å². The molecule has 1 saturated heterocycles. The first-order chi connectivity index (χ1) is 8.88. The van der Waals surface area contributed by atoms with Crippen molar-refractivity contribution in [2.24, 2.45) is 5.92 Å². The molecule has 20 heavy (non-hydrogen) atoms. The second-order valence-corrected chi connectivity index (χ2v) is 5.30. The van der Waals surface area contributed by atoms with E-state index in [4.69, 9.17) is 5.26 Å². The van der Waals surface area contributed by atoms with Crippen LogP contribution < -0.4 is 5.32 Å². The first-order valence-corrected chi connectivity index (χ1v) is 6.83. The molecule has 0 radical (unpaired) electrons. The number of rotatable bonds is 3. The van der Waals surface area contributed by atoms with Crippen LogP contribution in [0.5, 0.6) is 0 Å². The average molecular weight is 314 g/mol. The molecule has 1 saturated carbocycles. The fourth-order valence-electron chi connectivity index (χ4n) is 2.91. The van der Waals surface area contributed by atoms with Gasteiger partial charge in [-0.05, 0) is 36.5 Å². The molecule has 0 aromatic heterocycles. The summed E-state index contributed by atoms with van der Waals surface area (Å²) in [6, 6.07) is 11.0. The number of hydrogen-bond donors (Lipinski definition) is 1. The molecular weight excluding hydrogens is 293 g/mol. The molecule has 2 fully saturated rings. The van der Waals surface area contributed by atoms with Crippen LogP contribution >= 0.6 is 24.8 Å². The second-order valence-electron chi connectivity index (χ2n) is 5.30. The summed E-state index contributed by atoms with van der Waals surface area (Å²) in [5, 5.41) is 12.3. The molecule has 0 unspecified atom stereocenters. The van der Waals surface area contributed by atoms with E-state index in [-0.39, 0.29) is 24.8 Å². The topological polar surface area (TPSA) is 39.1 Å². The minimum Gasteiger partial charge on any atom is -0.314 e. The number of piperazine rings is 1. The van der Waals surface area contributed by atoms with Crippen LogP contribution in [0.1, 0.15) is 30.0 Å². The number of benzene rings is 1. The highest BCUT2D eigenvalue weighted by atomic mass is 35.5. The zero-order valence-electron chi connectivity index (χ0n) is 11.4. The summed E-state index contributed by atoms with van der Waals surface area (Å²) in [6.45, 7) is 4.47. The van der Waals surface area contributed by atoms with E-state index in [1.54, 1.807) is 0 Å². The lowest BCUT2D eigenvalue weighted by Crippen LogP contribution is -2.45. The predicted octanol–water partition coefficient (Wildman–Crippen LogP) is 2.76. The van der Waals surface area contributed by atoms with Gasteiger partial charge in [0.05, 0.1) is 11.6 Å². The van der Waals surface area contributed by atoms with Gasteiger partial charge in [-0.1, -0.05) is 12.1 Å². The Balaban J connectivity index is 0.000001000. The predicted molar refractivity (Wildman–Crippen MR) is 85.6 cm³/mol. The first-order valence-electron chi connectivity index (χ1n) is 6.83. The van der Waals surface area contributed by atoms with Crippen LogP contribution in [0.2, 0.25) is 0 Å². The maximum absolute atomic E-state index is 8.87. The largest absolute Gasteiger partial charge is 0.314 e. The number of halogens is 2. The van der Waals surface area contributed by atoms with Crippen LogP contribution in [0.3, 0.4) is 0 Å². The summed E-state index contributed by atoms with van der Waals surface area (Å²) in [7, 11) is 0. The summed E-state index contributed by atoms with van der Waals surface area (Å²) in [5.74, 6) is 0.830. The Kier molecular flexibility index (Phi) is 6.78. The molecule has 0 amide bonds. The van der Waals surface area contributed by atoms with Crippen molar-refractivity contribution in [2.75, 3.05) is 26.2 Å². The van der Waals surface area contributed by atoms with E-state index in [0.29, 0.717) is 6.04 Å². The zero-order chi connectivity index (χ0) is 12.4. The van der Waals surface area contributed by atoms with Gasteiger partial charge >= 0.3 is 0 Å². The van der Waals surface area contributed by atoms with Crippen LogP contribution in [0.4, 0.5) is 0 Å². The van der Waals surface area contributed by atoms with Crippen molar-refractivity contribution in [1.82, 2.24) is 10.2 Å². The van der Waals surface area contributed by atoms with E-state index in [1.807, 2.05) is 12.1 Å². The third kappa shape index (κ3) is 3.86. The van der Waals surface area contributed by atoms with E-state index in [9.17, 15) is 0 Å². The molecule has 1 N–H and O–H groups in total. The normalized spacial score (nSPS) is 20.1. The van der Waals surface area contributed by atoms with Crippen LogP contribution in [0.25, 0.3) is 0 Å². The molecule has 1 aliphatic heterocycles. The summed E-state index contributed by atoms with van der Waals surface area (Å²) < 4.78 is 0. The lowest BCUT2D eigenvalue weighted by atomic mass is 9.99. The van der Waals surface area contributed by atoms with Gasteiger partial charge in [0.2, 0.25) is 0 Å². The molecule has 1 heterocycles. The number of nitrogens with zero attached hydrogens (tertiary/aromatic N) is 2. The maximum atomic E-state index is 8.87. The Bertz CT molecular complexity index is 445. The van der Waals surface area contributed by atoms with Crippen molar-refractivity contribution in [3.63, 3.8) is 0 Å². The maximum Gasteiger partial charge on any atom is 0.0991 e. The summed E-state index contributed by atoms with van der Waals surface area (Å²) in [6.07, 6.45) is 2.71. The van der Waals surface area contributed by atoms with Crippen molar-refractivity contribution < 1.29 is 0 Å². The lowest BCUT2D eigenvalue weighted by Gasteiger charge is -2.35. The standard InChI is InChI=1S/C15H19N3.2ClH/c16-11-12-1-3-13(4-2-12)15(14-5-6-14)18-9-7-17-8-10-18;;/h1-4,14-15,17H,5-10H2;2*1H/t15-;;/m1../s1. The van der Waals surface area contributed by atoms with E-state index in [0.717, 1.165) is 37.7 Å². The summed E-state index contributed by atoms with van der Waals surface area (Å²) in [4.78, 5) is 2.61. The summed E-state index contributed by atoms with van der Waals surface area (Å²) >= 11 is 0. The number of hydrogen-bond acceptors (Lipinski definition) is 3. The quantitative estimate of drug-likeness (QED) is 0.932. The van der Waals surface area contributed by atoms with E-state index >= 15 is 0 Å². The van der Waals surface area contributed by atoms with Gasteiger partial charge in [0.25, 0.3) is 0 Å². The van der Waals surface area contributed by atoms with Crippen LogP contribution in [-0.4, -0.2) is 31.1 Å². The molecule has 5 heteroatoms. The molecular formula is C15H21Cl2N3. The highest BCUT2D eigenvalue weighted by Gasteiger charge is 2.36. The Morgan fingerprint density at radius 3 is 2.20 bits per heavy atom. The van der Waals surface area contributed by atoms with Gasteiger partial charge in [-0.25, -0.2) is 0 Å². The van der Waals surface area contributed by atoms with E-state index < -0.39 is 0 Å². The molecule has 0 bridgehead atoms. The first kappa shape index (κ1) is 17.3. The second kappa shape index (κ2) is 7.85. The minimum absolute atomic E-state index is 0. The molecule has 1 aromatic carbocycles. The van der Waals surface area contributed by atoms with Gasteiger partial charge < -0.3 is 5.32 Å². The fourth-order valence-corrected chi connectivity index (χ4v) is 2.91. The van der Waals surface area contributed by atoms with Crippen LogP contribution in [0.15, 0.2) is 24.3 Å². The molecule has 2 aliphatic rings. The third-order valence-corrected chi connectivity index (χ3v) is 3.99. The van der Waals surface area contributed by atoms with Crippen molar-refractivity contribution in [2.45, 2.75) is 18.9 Å². The molecule has 0 spiro atoms. The Morgan fingerprint density at radius 2 is 1.70 bits per heavy atom. The van der Waals surface area contributed by atoms with Crippen LogP contribution in [-0.2, 0) is 0 Å². The SMILES string of the molecule is Cl.Cl.N#Cc1ccc([C@H](C2CC2)N2CCNCC2)cc1. The molecule has 1 aromatic rings. The van der Waals surface area contributed by atoms with E-state index in [2.05, 4.69) is 28.4 Å². The van der Waals surface area contributed by atoms with Crippen molar-refractivity contribution in [3.05, 3.63) is 35.4 Å². The van der Waals surface area contributed by atoms with Crippen molar-refractivity contribution >= 4 is 24.8 Å².